The second-order valence-electron chi connectivity index (χ2n) is 9.43. The summed E-state index contributed by atoms with van der Waals surface area (Å²) >= 11 is 0. The molecule has 0 saturated carbocycles. The van der Waals surface area contributed by atoms with E-state index in [1.807, 2.05) is 12.1 Å². The fourth-order valence-electron chi connectivity index (χ4n) is 4.75. The number of hydrogen-bond donors (Lipinski definition) is 3. The van der Waals surface area contributed by atoms with Crippen LogP contribution < -0.4 is 10.6 Å². The van der Waals surface area contributed by atoms with Gasteiger partial charge in [-0.1, -0.05) is 26.0 Å². The molecule has 1 aromatic heterocycles. The molecule has 3 heterocycles. The molecule has 5 rings (SSSR count). The Labute approximate surface area is 196 Å². The van der Waals surface area contributed by atoms with Crippen LogP contribution in [0.4, 0.5) is 5.69 Å². The summed E-state index contributed by atoms with van der Waals surface area (Å²) in [4.78, 5) is 54.1. The molecule has 8 heteroatoms. The Bertz CT molecular complexity index is 1340. The van der Waals surface area contributed by atoms with Crippen LogP contribution in [0.3, 0.4) is 0 Å². The van der Waals surface area contributed by atoms with Gasteiger partial charge in [0.05, 0.1) is 0 Å². The molecule has 0 radical (unpaired) electrons. The van der Waals surface area contributed by atoms with E-state index < -0.39 is 11.9 Å². The number of carbonyl (C=O) groups excluding carboxylic acids is 4. The van der Waals surface area contributed by atoms with Crippen LogP contribution in [-0.2, 0) is 22.6 Å². The summed E-state index contributed by atoms with van der Waals surface area (Å²) in [6.07, 6.45) is 1.49. The van der Waals surface area contributed by atoms with Gasteiger partial charge in [-0.15, -0.1) is 0 Å². The van der Waals surface area contributed by atoms with Gasteiger partial charge in [0.1, 0.15) is 11.7 Å². The average Bonchev–Trinajstić information content (AvgIpc) is 3.34. The lowest BCUT2D eigenvalue weighted by Gasteiger charge is -2.29. The fraction of sp³-hybridized carbons (Fsp3) is 0.308. The maximum atomic E-state index is 12.9. The van der Waals surface area contributed by atoms with Crippen LogP contribution in [-0.4, -0.2) is 39.6 Å². The summed E-state index contributed by atoms with van der Waals surface area (Å²) in [6.45, 7) is 4.60. The van der Waals surface area contributed by atoms with Gasteiger partial charge in [0, 0.05) is 35.1 Å². The number of amides is 4. The number of rotatable bonds is 5. The smallest absolute Gasteiger partial charge is 0.272 e. The lowest BCUT2D eigenvalue weighted by Crippen LogP contribution is -2.52. The van der Waals surface area contributed by atoms with Crippen LogP contribution in [0.2, 0.25) is 0 Å². The zero-order valence-corrected chi connectivity index (χ0v) is 19.1. The van der Waals surface area contributed by atoms with Gasteiger partial charge in [-0.05, 0) is 60.2 Å². The van der Waals surface area contributed by atoms with Crippen molar-refractivity contribution in [3.05, 3.63) is 64.8 Å². The number of nitrogens with zero attached hydrogens (tertiary/aromatic N) is 1. The third kappa shape index (κ3) is 4.07. The molecule has 34 heavy (non-hydrogen) atoms. The highest BCUT2D eigenvalue weighted by Gasteiger charge is 2.39. The Morgan fingerprint density at radius 1 is 1.12 bits per heavy atom. The molecule has 2 aliphatic heterocycles. The van der Waals surface area contributed by atoms with Gasteiger partial charge in [0.25, 0.3) is 11.8 Å². The summed E-state index contributed by atoms with van der Waals surface area (Å²) in [5.41, 5.74) is 4.41. The molecular weight excluding hydrogens is 432 g/mol. The van der Waals surface area contributed by atoms with E-state index in [1.165, 1.54) is 10.5 Å². The third-order valence-corrected chi connectivity index (χ3v) is 6.36. The molecular formula is C26H26N4O4. The van der Waals surface area contributed by atoms with Gasteiger partial charge >= 0.3 is 0 Å². The van der Waals surface area contributed by atoms with E-state index in [9.17, 15) is 19.2 Å². The van der Waals surface area contributed by atoms with Crippen molar-refractivity contribution >= 4 is 40.2 Å². The predicted molar refractivity (Wildman–Crippen MR) is 127 cm³/mol. The Morgan fingerprint density at radius 2 is 1.94 bits per heavy atom. The summed E-state index contributed by atoms with van der Waals surface area (Å²) < 4.78 is 0. The number of H-pyrrole nitrogens is 1. The van der Waals surface area contributed by atoms with E-state index >= 15 is 0 Å². The Balaban J connectivity index is 1.31. The molecule has 1 saturated heterocycles. The van der Waals surface area contributed by atoms with E-state index in [0.717, 1.165) is 22.9 Å². The van der Waals surface area contributed by atoms with Gasteiger partial charge in [-0.3, -0.25) is 24.5 Å². The number of piperidine rings is 1. The number of nitrogens with one attached hydrogen (secondary N) is 3. The molecule has 2 aliphatic rings. The van der Waals surface area contributed by atoms with Crippen molar-refractivity contribution < 1.29 is 19.2 Å². The molecule has 1 fully saturated rings. The highest BCUT2D eigenvalue weighted by Crippen LogP contribution is 2.30. The van der Waals surface area contributed by atoms with E-state index in [2.05, 4.69) is 41.6 Å². The first-order valence-corrected chi connectivity index (χ1v) is 11.5. The largest absolute Gasteiger partial charge is 0.351 e. The quantitative estimate of drug-likeness (QED) is 0.509. The van der Waals surface area contributed by atoms with Crippen LogP contribution in [0.25, 0.3) is 10.9 Å². The molecule has 174 valence electrons. The highest BCUT2D eigenvalue weighted by molar-refractivity contribution is 6.08. The highest BCUT2D eigenvalue weighted by atomic mass is 16.2. The van der Waals surface area contributed by atoms with E-state index in [1.54, 1.807) is 18.2 Å². The first kappa shape index (κ1) is 21.9. The van der Waals surface area contributed by atoms with Crippen molar-refractivity contribution in [1.82, 2.24) is 15.2 Å². The van der Waals surface area contributed by atoms with Crippen LogP contribution in [0.5, 0.6) is 0 Å². The summed E-state index contributed by atoms with van der Waals surface area (Å²) in [6, 6.07) is 12.5. The zero-order valence-electron chi connectivity index (χ0n) is 19.1. The standard InChI is InChI=1S/C26H26N4O4/c1-14(2)9-15-3-4-16-12-21(28-20(16)10-15)24(32)27-18-5-6-19-17(11-18)13-30(26(19)34)22-7-8-23(31)29-25(22)33/h3-6,10-12,14,22,28H,7-9,13H2,1-2H3,(H,27,32)(H,29,31,33). The number of benzene rings is 2. The van der Waals surface area contributed by atoms with Crippen LogP contribution in [0.1, 0.15) is 58.7 Å². The van der Waals surface area contributed by atoms with Crippen molar-refractivity contribution in [1.29, 1.82) is 0 Å². The predicted octanol–water partition coefficient (Wildman–Crippen LogP) is 3.38. The lowest BCUT2D eigenvalue weighted by atomic mass is 10.0. The first-order chi connectivity index (χ1) is 16.3. The van der Waals surface area contributed by atoms with Gasteiger partial charge in [-0.2, -0.15) is 0 Å². The Morgan fingerprint density at radius 3 is 2.71 bits per heavy atom. The number of carbonyl (C=O) groups is 4. The number of hydrogen-bond acceptors (Lipinski definition) is 4. The van der Waals surface area contributed by atoms with Crippen molar-refractivity contribution in [2.75, 3.05) is 5.32 Å². The summed E-state index contributed by atoms with van der Waals surface area (Å²) in [5, 5.41) is 6.17. The maximum absolute atomic E-state index is 12.9. The Kier molecular flexibility index (Phi) is 5.43. The van der Waals surface area contributed by atoms with Crippen LogP contribution in [0.15, 0.2) is 42.5 Å². The van der Waals surface area contributed by atoms with Crippen molar-refractivity contribution in [2.24, 2.45) is 5.92 Å². The van der Waals surface area contributed by atoms with Gasteiger partial charge < -0.3 is 15.2 Å². The molecule has 1 unspecified atom stereocenters. The maximum Gasteiger partial charge on any atom is 0.272 e. The molecule has 0 bridgehead atoms. The minimum atomic E-state index is -0.664. The molecule has 1 atom stereocenters. The minimum Gasteiger partial charge on any atom is -0.351 e. The van der Waals surface area contributed by atoms with Gasteiger partial charge in [-0.25, -0.2) is 0 Å². The van der Waals surface area contributed by atoms with Crippen LogP contribution in [0, 0.1) is 5.92 Å². The molecule has 4 amide bonds. The molecule has 3 N–H and O–H groups in total. The second kappa shape index (κ2) is 8.44. The van der Waals surface area contributed by atoms with Crippen molar-refractivity contribution in [3.8, 4) is 0 Å². The summed E-state index contributed by atoms with van der Waals surface area (Å²) in [7, 11) is 0. The van der Waals surface area contributed by atoms with Gasteiger partial charge in [0.2, 0.25) is 11.8 Å². The monoisotopic (exact) mass is 458 g/mol. The minimum absolute atomic E-state index is 0.210. The van der Waals surface area contributed by atoms with E-state index in [-0.39, 0.29) is 30.7 Å². The normalized spacial score (nSPS) is 17.9. The van der Waals surface area contributed by atoms with E-state index in [4.69, 9.17) is 0 Å². The molecule has 3 aromatic rings. The molecule has 0 spiro atoms. The molecule has 2 aromatic carbocycles. The lowest BCUT2D eigenvalue weighted by molar-refractivity contribution is -0.136. The van der Waals surface area contributed by atoms with E-state index in [0.29, 0.717) is 29.3 Å². The number of fused-ring (bicyclic) bond motifs is 2. The summed E-state index contributed by atoms with van der Waals surface area (Å²) in [5.74, 6) is -0.722. The Hall–Kier alpha value is -3.94. The van der Waals surface area contributed by atoms with Crippen molar-refractivity contribution in [3.63, 3.8) is 0 Å². The van der Waals surface area contributed by atoms with Crippen LogP contribution >= 0.6 is 0 Å². The number of aromatic amines is 1. The van der Waals surface area contributed by atoms with Gasteiger partial charge in [0.15, 0.2) is 0 Å². The average molecular weight is 459 g/mol. The van der Waals surface area contributed by atoms with Crippen molar-refractivity contribution in [2.45, 2.75) is 45.7 Å². The molecule has 0 aliphatic carbocycles. The topological polar surface area (TPSA) is 111 Å². The zero-order chi connectivity index (χ0) is 24.0. The number of imide groups is 1. The number of anilines is 1. The molecule has 8 nitrogen and oxygen atoms in total. The fourth-order valence-corrected chi connectivity index (χ4v) is 4.75. The SMILES string of the molecule is CC(C)Cc1ccc2cc(C(=O)Nc3ccc4c(c3)CN(C3CCC(=O)NC3=O)C4=O)[nH]c2c1. The third-order valence-electron chi connectivity index (χ3n) is 6.36. The second-order valence-corrected chi connectivity index (χ2v) is 9.43. The number of aromatic nitrogens is 1. The first-order valence-electron chi connectivity index (χ1n) is 11.5.